The normalized spacial score (nSPS) is 17.3. The summed E-state index contributed by atoms with van der Waals surface area (Å²) < 4.78 is 12.6. The van der Waals surface area contributed by atoms with Crippen LogP contribution < -0.4 is 9.47 Å². The highest BCUT2D eigenvalue weighted by Crippen LogP contribution is 2.31. The van der Waals surface area contributed by atoms with Gasteiger partial charge in [-0.25, -0.2) is 0 Å². The van der Waals surface area contributed by atoms with Crippen molar-refractivity contribution >= 4 is 55.7 Å². The number of hydrogen-bond acceptors (Lipinski definition) is 6. The predicted molar refractivity (Wildman–Crippen MR) is 146 cm³/mol. The third kappa shape index (κ3) is 5.85. The Balaban J connectivity index is 1.44. The number of nitrogens with one attached hydrogen (secondary N) is 1. The molecule has 2 aromatic rings. The molecule has 2 aliphatic rings. The highest BCUT2D eigenvalue weighted by molar-refractivity contribution is 9.10. The third-order valence-electron chi connectivity index (χ3n) is 5.74. The molecular weight excluding hydrogens is 528 g/mol. The summed E-state index contributed by atoms with van der Waals surface area (Å²) >= 11 is 4.80. The van der Waals surface area contributed by atoms with Gasteiger partial charge >= 0.3 is 0 Å². The Bertz CT molecular complexity index is 1220. The molecule has 2 aromatic carbocycles. The first-order valence-corrected chi connectivity index (χ1v) is 13.1. The zero-order valence-corrected chi connectivity index (χ0v) is 22.3. The van der Waals surface area contributed by atoms with Crippen LogP contribution in [-0.2, 0) is 4.79 Å². The Morgan fingerprint density at radius 1 is 1.14 bits per heavy atom. The van der Waals surface area contributed by atoms with Crippen molar-refractivity contribution in [2.75, 3.05) is 13.2 Å². The van der Waals surface area contributed by atoms with E-state index in [1.165, 1.54) is 22.3 Å². The molecule has 1 atom stereocenters. The Morgan fingerprint density at radius 3 is 2.60 bits per heavy atom. The Hall–Kier alpha value is -2.91. The van der Waals surface area contributed by atoms with Crippen LogP contribution in [-0.4, -0.2) is 40.2 Å². The summed E-state index contributed by atoms with van der Waals surface area (Å²) in [6.07, 6.45) is 3.44. The molecule has 0 fully saturated rings. The minimum Gasteiger partial charge on any atom is -0.490 e. The van der Waals surface area contributed by atoms with Crippen molar-refractivity contribution in [1.29, 1.82) is 5.41 Å². The number of thioether (sulfide) groups is 1. The van der Waals surface area contributed by atoms with E-state index in [1.54, 1.807) is 6.08 Å². The van der Waals surface area contributed by atoms with E-state index in [0.29, 0.717) is 42.0 Å². The Kier molecular flexibility index (Phi) is 8.07. The quantitative estimate of drug-likeness (QED) is 0.284. The van der Waals surface area contributed by atoms with E-state index in [9.17, 15) is 4.79 Å². The van der Waals surface area contributed by atoms with Gasteiger partial charge in [0.2, 0.25) is 5.17 Å². The second kappa shape index (κ2) is 11.2. The van der Waals surface area contributed by atoms with Gasteiger partial charge in [0, 0.05) is 10.0 Å². The lowest BCUT2D eigenvalue weighted by molar-refractivity contribution is -0.114. The van der Waals surface area contributed by atoms with Crippen LogP contribution in [0.1, 0.15) is 50.7 Å². The summed E-state index contributed by atoms with van der Waals surface area (Å²) in [6, 6.07) is 13.7. The number of ether oxygens (including phenoxy) is 2. The Labute approximate surface area is 217 Å². The number of hydrogen-bond donors (Lipinski definition) is 1. The Morgan fingerprint density at radius 2 is 1.89 bits per heavy atom. The van der Waals surface area contributed by atoms with Gasteiger partial charge in [0.05, 0.1) is 5.57 Å². The van der Waals surface area contributed by atoms with Crippen LogP contribution in [0.5, 0.6) is 11.5 Å². The maximum Gasteiger partial charge on any atom is 0.283 e. The molecule has 1 N–H and O–H groups in total. The van der Waals surface area contributed by atoms with Gasteiger partial charge in [-0.1, -0.05) is 48.8 Å². The molecule has 0 saturated carbocycles. The van der Waals surface area contributed by atoms with Gasteiger partial charge in [0.1, 0.15) is 29.8 Å². The summed E-state index contributed by atoms with van der Waals surface area (Å²) in [7, 11) is 0. The lowest BCUT2D eigenvalue weighted by atomic mass is 9.99. The smallest absolute Gasteiger partial charge is 0.283 e. The zero-order chi connectivity index (χ0) is 24.9. The highest BCUT2D eigenvalue weighted by atomic mass is 79.9. The van der Waals surface area contributed by atoms with Crippen molar-refractivity contribution in [3.8, 4) is 11.5 Å². The van der Waals surface area contributed by atoms with Crippen LogP contribution >= 0.6 is 27.7 Å². The van der Waals surface area contributed by atoms with E-state index in [4.69, 9.17) is 14.9 Å². The van der Waals surface area contributed by atoms with Crippen LogP contribution in [0, 0.1) is 5.41 Å². The molecule has 182 valence electrons. The van der Waals surface area contributed by atoms with Gasteiger partial charge < -0.3 is 9.47 Å². The first-order chi connectivity index (χ1) is 16.9. The molecule has 7 nitrogen and oxygen atoms in total. The van der Waals surface area contributed by atoms with E-state index in [0.717, 1.165) is 21.7 Å². The van der Waals surface area contributed by atoms with Crippen LogP contribution in [0.25, 0.3) is 6.08 Å². The van der Waals surface area contributed by atoms with E-state index in [2.05, 4.69) is 52.0 Å². The summed E-state index contributed by atoms with van der Waals surface area (Å²) in [5, 5.41) is 15.6. The largest absolute Gasteiger partial charge is 0.490 e. The molecule has 0 spiro atoms. The van der Waals surface area contributed by atoms with Crippen molar-refractivity contribution in [2.45, 2.75) is 39.5 Å². The minimum atomic E-state index is -0.462. The number of nitrogens with zero attached hydrogens (tertiary/aromatic N) is 3. The second-order valence-corrected chi connectivity index (χ2v) is 10.1. The average Bonchev–Trinajstić information content (AvgIpc) is 3.28. The van der Waals surface area contributed by atoms with Crippen LogP contribution in [0.2, 0.25) is 0 Å². The first kappa shape index (κ1) is 25.2. The molecular formula is C26H27BrN4O3S. The molecule has 0 aliphatic carbocycles. The second-order valence-electron chi connectivity index (χ2n) is 8.12. The fourth-order valence-electron chi connectivity index (χ4n) is 3.53. The molecule has 1 amide bonds. The number of rotatable bonds is 9. The number of amidine groups is 2. The van der Waals surface area contributed by atoms with E-state index >= 15 is 0 Å². The van der Waals surface area contributed by atoms with E-state index < -0.39 is 5.91 Å². The lowest BCUT2D eigenvalue weighted by Gasteiger charge is -2.20. The van der Waals surface area contributed by atoms with E-state index in [1.807, 2.05) is 37.3 Å². The number of carbonyl (C=O) groups is 1. The van der Waals surface area contributed by atoms with Gasteiger partial charge in [-0.3, -0.25) is 10.2 Å². The number of hydrazone groups is 1. The van der Waals surface area contributed by atoms with Crippen molar-refractivity contribution in [3.63, 3.8) is 0 Å². The molecule has 0 bridgehead atoms. The molecule has 1 unspecified atom stereocenters. The molecule has 35 heavy (non-hydrogen) atoms. The fourth-order valence-corrected chi connectivity index (χ4v) is 4.74. The number of fused-ring (bicyclic) bond motifs is 1. The highest BCUT2D eigenvalue weighted by Gasteiger charge is 2.35. The third-order valence-corrected chi connectivity index (χ3v) is 7.29. The number of benzene rings is 2. The SMILES string of the molecule is CCC1=NN2C(=N)/C(=C/c3cc(Br)ccc3OCCOc3ccc(C(C)CC)cc3)C(=O)N=C2S1. The fraction of sp³-hybridized carbons (Fsp3) is 0.308. The van der Waals surface area contributed by atoms with Gasteiger partial charge in [0.25, 0.3) is 5.91 Å². The molecule has 0 saturated heterocycles. The van der Waals surface area contributed by atoms with Gasteiger partial charge in [-0.2, -0.15) is 15.1 Å². The summed E-state index contributed by atoms with van der Waals surface area (Å²) in [5.41, 5.74) is 2.12. The summed E-state index contributed by atoms with van der Waals surface area (Å²) in [4.78, 5) is 16.8. The minimum absolute atomic E-state index is 0.00560. The number of halogens is 1. The first-order valence-electron chi connectivity index (χ1n) is 11.5. The summed E-state index contributed by atoms with van der Waals surface area (Å²) in [6.45, 7) is 7.06. The predicted octanol–water partition coefficient (Wildman–Crippen LogP) is 6.45. The zero-order valence-electron chi connectivity index (χ0n) is 19.9. The van der Waals surface area contributed by atoms with Crippen molar-refractivity contribution in [3.05, 3.63) is 63.6 Å². The van der Waals surface area contributed by atoms with Crippen LogP contribution in [0.4, 0.5) is 0 Å². The van der Waals surface area contributed by atoms with E-state index in [-0.39, 0.29) is 11.4 Å². The van der Waals surface area contributed by atoms with Crippen LogP contribution in [0.3, 0.4) is 0 Å². The molecule has 4 rings (SSSR count). The van der Waals surface area contributed by atoms with Gasteiger partial charge in [-0.15, -0.1) is 0 Å². The topological polar surface area (TPSA) is 87.3 Å². The number of aliphatic imine (C=N–C) groups is 1. The number of carbonyl (C=O) groups excluding carboxylic acids is 1. The standard InChI is InChI=1S/C26H27BrN4O3S/c1-4-16(3)17-6-9-20(10-7-17)33-12-13-34-22-11-8-19(27)14-18(22)15-21-24(28)31-26(29-25(21)32)35-23(5-2)30-31/h6-11,14-16,28H,4-5,12-13H2,1-3H3/b21-15-,28-24?. The molecule has 2 aliphatic heterocycles. The molecule has 9 heteroatoms. The molecule has 0 radical (unpaired) electrons. The molecule has 0 aromatic heterocycles. The van der Waals surface area contributed by atoms with Gasteiger partial charge in [-0.05, 0) is 72.5 Å². The monoisotopic (exact) mass is 554 g/mol. The van der Waals surface area contributed by atoms with Crippen LogP contribution in [0.15, 0.2) is 62.6 Å². The van der Waals surface area contributed by atoms with Gasteiger partial charge in [0.15, 0.2) is 5.84 Å². The van der Waals surface area contributed by atoms with Crippen molar-refractivity contribution in [2.24, 2.45) is 10.1 Å². The maximum atomic E-state index is 12.7. The van der Waals surface area contributed by atoms with Crippen molar-refractivity contribution in [1.82, 2.24) is 5.01 Å². The maximum absolute atomic E-state index is 12.7. The van der Waals surface area contributed by atoms with Crippen molar-refractivity contribution < 1.29 is 14.3 Å². The lowest BCUT2D eigenvalue weighted by Crippen LogP contribution is -2.35. The summed E-state index contributed by atoms with van der Waals surface area (Å²) in [5.74, 6) is 1.45. The number of amides is 1. The average molecular weight is 555 g/mol. The molecule has 2 heterocycles.